The number of halogens is 3. The summed E-state index contributed by atoms with van der Waals surface area (Å²) in [5, 5.41) is 8.76. The van der Waals surface area contributed by atoms with E-state index in [1.54, 1.807) is 6.08 Å². The van der Waals surface area contributed by atoms with Crippen LogP contribution in [0.2, 0.25) is 0 Å². The van der Waals surface area contributed by atoms with Gasteiger partial charge >= 0.3 is 12.3 Å². The van der Waals surface area contributed by atoms with Gasteiger partial charge in [-0.05, 0) is 38.1 Å². The van der Waals surface area contributed by atoms with E-state index in [0.717, 1.165) is 23.8 Å². The molecule has 0 radical (unpaired) electrons. The average Bonchev–Trinajstić information content (AvgIpc) is 2.28. The van der Waals surface area contributed by atoms with Crippen LogP contribution in [0.15, 0.2) is 29.8 Å². The lowest BCUT2D eigenvalue weighted by Gasteiger charge is -2.14. The lowest BCUT2D eigenvalue weighted by Crippen LogP contribution is -2.18. The number of benzene rings is 1. The first-order valence-electron chi connectivity index (χ1n) is 5.58. The fourth-order valence-electron chi connectivity index (χ4n) is 1.26. The second-order valence-electron chi connectivity index (χ2n) is 4.11. The van der Waals surface area contributed by atoms with Crippen LogP contribution in [-0.4, -0.2) is 24.0 Å². The van der Waals surface area contributed by atoms with Gasteiger partial charge in [0.05, 0.1) is 5.56 Å². The summed E-state index contributed by atoms with van der Waals surface area (Å²) in [6.45, 7) is 3.68. The maximum absolute atomic E-state index is 12.3. The van der Waals surface area contributed by atoms with Crippen LogP contribution < -0.4 is 9.47 Å². The minimum absolute atomic E-state index is 0.0585. The molecular weight excluding hydrogens is 277 g/mol. The highest BCUT2D eigenvalue weighted by Gasteiger charge is 2.32. The molecular formula is C13H13F3O4. The first kappa shape index (κ1) is 15.9. The molecule has 110 valence electrons. The van der Waals surface area contributed by atoms with Gasteiger partial charge in [-0.2, -0.15) is 0 Å². The van der Waals surface area contributed by atoms with Crippen LogP contribution in [0.4, 0.5) is 13.2 Å². The molecule has 0 heterocycles. The zero-order valence-electron chi connectivity index (χ0n) is 10.8. The van der Waals surface area contributed by atoms with Gasteiger partial charge in [-0.15, -0.1) is 13.2 Å². The minimum atomic E-state index is -4.92. The topological polar surface area (TPSA) is 55.8 Å². The molecule has 7 heteroatoms. The summed E-state index contributed by atoms with van der Waals surface area (Å²) in [6.07, 6.45) is -3.26. The van der Waals surface area contributed by atoms with Gasteiger partial charge in [0.1, 0.15) is 6.61 Å². The SMILES string of the molecule is CC(C)=CCOc1ccc(C(=O)O)cc1OC(F)(F)F. The molecule has 0 spiro atoms. The van der Waals surface area contributed by atoms with Crippen molar-refractivity contribution in [2.45, 2.75) is 20.2 Å². The van der Waals surface area contributed by atoms with E-state index in [4.69, 9.17) is 9.84 Å². The third kappa shape index (κ3) is 5.21. The third-order valence-corrected chi connectivity index (χ3v) is 2.15. The monoisotopic (exact) mass is 290 g/mol. The van der Waals surface area contributed by atoms with Crippen molar-refractivity contribution < 1.29 is 32.5 Å². The highest BCUT2D eigenvalue weighted by atomic mass is 19.4. The number of carbonyl (C=O) groups is 1. The fourth-order valence-corrected chi connectivity index (χ4v) is 1.26. The number of aromatic carboxylic acids is 1. The van der Waals surface area contributed by atoms with Crippen molar-refractivity contribution in [1.29, 1.82) is 0 Å². The maximum Gasteiger partial charge on any atom is 0.573 e. The number of ether oxygens (including phenoxy) is 2. The molecule has 1 aromatic rings. The van der Waals surface area contributed by atoms with E-state index in [1.807, 2.05) is 13.8 Å². The van der Waals surface area contributed by atoms with Gasteiger partial charge in [-0.1, -0.05) is 5.57 Å². The summed E-state index contributed by atoms with van der Waals surface area (Å²) in [4.78, 5) is 10.7. The molecule has 0 saturated heterocycles. The number of allylic oxidation sites excluding steroid dienone is 1. The summed E-state index contributed by atoms with van der Waals surface area (Å²) >= 11 is 0. The van der Waals surface area contributed by atoms with Crippen molar-refractivity contribution in [2.24, 2.45) is 0 Å². The van der Waals surface area contributed by atoms with Crippen LogP contribution in [0, 0.1) is 0 Å². The molecule has 20 heavy (non-hydrogen) atoms. The highest BCUT2D eigenvalue weighted by Crippen LogP contribution is 2.33. The normalized spacial score (nSPS) is 10.8. The smallest absolute Gasteiger partial charge is 0.486 e. The molecule has 0 aromatic heterocycles. The Morgan fingerprint density at radius 3 is 2.45 bits per heavy atom. The Hall–Kier alpha value is -2.18. The van der Waals surface area contributed by atoms with Gasteiger partial charge in [-0.25, -0.2) is 4.79 Å². The summed E-state index contributed by atoms with van der Waals surface area (Å²) < 4.78 is 45.7. The quantitative estimate of drug-likeness (QED) is 0.841. The molecule has 0 aliphatic heterocycles. The van der Waals surface area contributed by atoms with Gasteiger partial charge in [0.2, 0.25) is 0 Å². The molecule has 0 fully saturated rings. The largest absolute Gasteiger partial charge is 0.573 e. The van der Waals surface area contributed by atoms with E-state index in [2.05, 4.69) is 4.74 Å². The van der Waals surface area contributed by atoms with Crippen molar-refractivity contribution >= 4 is 5.97 Å². The van der Waals surface area contributed by atoms with E-state index in [-0.39, 0.29) is 17.9 Å². The standard InChI is InChI=1S/C13H13F3O4/c1-8(2)5-6-19-10-4-3-9(12(17)18)7-11(10)20-13(14,15)16/h3-5,7H,6H2,1-2H3,(H,17,18). The fraction of sp³-hybridized carbons (Fsp3) is 0.308. The van der Waals surface area contributed by atoms with E-state index in [9.17, 15) is 18.0 Å². The Balaban J connectivity index is 3.02. The van der Waals surface area contributed by atoms with Gasteiger partial charge in [0.25, 0.3) is 0 Å². The van der Waals surface area contributed by atoms with Gasteiger partial charge in [0, 0.05) is 0 Å². The number of carboxylic acid groups (broad SMARTS) is 1. The summed E-state index contributed by atoms with van der Waals surface area (Å²) in [6, 6.07) is 3.04. The molecule has 0 aliphatic rings. The lowest BCUT2D eigenvalue weighted by molar-refractivity contribution is -0.275. The van der Waals surface area contributed by atoms with Crippen LogP contribution in [-0.2, 0) is 0 Å². The van der Waals surface area contributed by atoms with Crippen LogP contribution in [0.5, 0.6) is 11.5 Å². The summed E-state index contributed by atoms with van der Waals surface area (Å²) in [5.41, 5.74) is 0.615. The number of rotatable bonds is 5. The zero-order chi connectivity index (χ0) is 15.3. The molecule has 1 rings (SSSR count). The number of hydrogen-bond acceptors (Lipinski definition) is 3. The van der Waals surface area contributed by atoms with Crippen LogP contribution >= 0.6 is 0 Å². The predicted molar refractivity (Wildman–Crippen MR) is 65.0 cm³/mol. The molecule has 4 nitrogen and oxygen atoms in total. The molecule has 0 bridgehead atoms. The molecule has 0 aliphatic carbocycles. The molecule has 0 saturated carbocycles. The minimum Gasteiger partial charge on any atom is -0.486 e. The maximum atomic E-state index is 12.3. The Kier molecular flexibility index (Phi) is 5.01. The van der Waals surface area contributed by atoms with Crippen LogP contribution in [0.25, 0.3) is 0 Å². The van der Waals surface area contributed by atoms with Crippen molar-refractivity contribution in [3.63, 3.8) is 0 Å². The van der Waals surface area contributed by atoms with E-state index >= 15 is 0 Å². The Morgan fingerprint density at radius 2 is 1.95 bits per heavy atom. The summed E-state index contributed by atoms with van der Waals surface area (Å²) in [7, 11) is 0. The first-order valence-corrected chi connectivity index (χ1v) is 5.58. The van der Waals surface area contributed by atoms with Crippen molar-refractivity contribution in [2.75, 3.05) is 6.61 Å². The highest BCUT2D eigenvalue weighted by molar-refractivity contribution is 5.88. The van der Waals surface area contributed by atoms with Gasteiger partial charge in [0.15, 0.2) is 11.5 Å². The molecule has 0 unspecified atom stereocenters. The lowest BCUT2D eigenvalue weighted by atomic mass is 10.2. The Labute approximate surface area is 113 Å². The van der Waals surface area contributed by atoms with Crippen LogP contribution in [0.1, 0.15) is 24.2 Å². The van der Waals surface area contributed by atoms with Crippen molar-refractivity contribution in [1.82, 2.24) is 0 Å². The second kappa shape index (κ2) is 6.31. The number of carboxylic acids is 1. The molecule has 0 atom stereocenters. The van der Waals surface area contributed by atoms with Gasteiger partial charge in [-0.3, -0.25) is 0 Å². The Morgan fingerprint density at radius 1 is 1.30 bits per heavy atom. The van der Waals surface area contributed by atoms with Crippen molar-refractivity contribution in [3.8, 4) is 11.5 Å². The van der Waals surface area contributed by atoms with E-state index in [1.165, 1.54) is 0 Å². The van der Waals surface area contributed by atoms with Crippen LogP contribution in [0.3, 0.4) is 0 Å². The average molecular weight is 290 g/mol. The first-order chi connectivity index (χ1) is 9.19. The molecule has 1 aromatic carbocycles. The third-order valence-electron chi connectivity index (χ3n) is 2.15. The zero-order valence-corrected chi connectivity index (χ0v) is 10.8. The number of alkyl halides is 3. The second-order valence-corrected chi connectivity index (χ2v) is 4.11. The molecule has 0 amide bonds. The number of hydrogen-bond donors (Lipinski definition) is 1. The predicted octanol–water partition coefficient (Wildman–Crippen LogP) is 3.63. The molecule has 1 N–H and O–H groups in total. The van der Waals surface area contributed by atoms with Gasteiger partial charge < -0.3 is 14.6 Å². The van der Waals surface area contributed by atoms with Crippen molar-refractivity contribution in [3.05, 3.63) is 35.4 Å². The van der Waals surface area contributed by atoms with E-state index < -0.39 is 18.1 Å². The van der Waals surface area contributed by atoms with E-state index in [0.29, 0.717) is 0 Å². The Bertz CT molecular complexity index is 517. The summed E-state index contributed by atoms with van der Waals surface area (Å²) in [5.74, 6) is -2.21.